The number of nitrogens with one attached hydrogen (secondary N) is 1. The molecule has 1 unspecified atom stereocenters. The number of carbonyl (C=O) groups excluding carboxylic acids is 1. The Morgan fingerprint density at radius 2 is 2.00 bits per heavy atom. The average molecular weight is 357 g/mol. The molecule has 1 saturated heterocycles. The summed E-state index contributed by atoms with van der Waals surface area (Å²) in [5.41, 5.74) is 1.16. The van der Waals surface area contributed by atoms with Crippen LogP contribution in [-0.4, -0.2) is 35.4 Å². The van der Waals surface area contributed by atoms with Crippen LogP contribution in [0.3, 0.4) is 0 Å². The highest BCUT2D eigenvalue weighted by Crippen LogP contribution is 2.26. The fourth-order valence-corrected chi connectivity index (χ4v) is 3.18. The van der Waals surface area contributed by atoms with Gasteiger partial charge in [-0.2, -0.15) is 0 Å². The molecule has 0 spiro atoms. The number of carbonyl (C=O) groups is 1. The van der Waals surface area contributed by atoms with E-state index in [1.165, 1.54) is 17.7 Å². The molecule has 2 aromatic rings. The molecule has 1 amide bonds. The zero-order valence-corrected chi connectivity index (χ0v) is 14.2. The highest BCUT2D eigenvalue weighted by atomic mass is 19.1. The van der Waals surface area contributed by atoms with Crippen molar-refractivity contribution in [1.82, 2.24) is 4.90 Å². The van der Waals surface area contributed by atoms with Crippen molar-refractivity contribution < 1.29 is 14.1 Å². The van der Waals surface area contributed by atoms with Gasteiger partial charge >= 0.3 is 0 Å². The summed E-state index contributed by atoms with van der Waals surface area (Å²) in [6, 6.07) is 13.4. The highest BCUT2D eigenvalue weighted by molar-refractivity contribution is 5.78. The molecule has 1 fully saturated rings. The molecule has 1 heterocycles. The summed E-state index contributed by atoms with van der Waals surface area (Å²) in [4.78, 5) is 24.4. The van der Waals surface area contributed by atoms with Crippen LogP contribution in [0.15, 0.2) is 48.5 Å². The third-order valence-electron chi connectivity index (χ3n) is 4.55. The van der Waals surface area contributed by atoms with E-state index in [4.69, 9.17) is 0 Å². The summed E-state index contributed by atoms with van der Waals surface area (Å²) in [7, 11) is 0. The number of rotatable bonds is 7. The lowest BCUT2D eigenvalue weighted by Gasteiger charge is -2.17. The van der Waals surface area contributed by atoms with Crippen LogP contribution in [0.1, 0.15) is 12.0 Å². The monoisotopic (exact) mass is 357 g/mol. The lowest BCUT2D eigenvalue weighted by molar-refractivity contribution is -0.384. The Labute approximate surface area is 150 Å². The molecule has 0 radical (unpaired) electrons. The minimum atomic E-state index is -0.648. The lowest BCUT2D eigenvalue weighted by Crippen LogP contribution is -2.28. The van der Waals surface area contributed by atoms with Gasteiger partial charge in [-0.25, -0.2) is 4.39 Å². The van der Waals surface area contributed by atoms with Crippen LogP contribution in [0.25, 0.3) is 0 Å². The second kappa shape index (κ2) is 7.95. The molecule has 26 heavy (non-hydrogen) atoms. The van der Waals surface area contributed by atoms with Crippen molar-refractivity contribution in [3.63, 3.8) is 0 Å². The highest BCUT2D eigenvalue weighted by Gasteiger charge is 2.29. The van der Waals surface area contributed by atoms with Gasteiger partial charge in [-0.15, -0.1) is 0 Å². The van der Waals surface area contributed by atoms with E-state index in [2.05, 4.69) is 5.32 Å². The Kier molecular flexibility index (Phi) is 5.46. The molecule has 0 aliphatic carbocycles. The predicted molar refractivity (Wildman–Crippen MR) is 96.4 cm³/mol. The van der Waals surface area contributed by atoms with E-state index in [-0.39, 0.29) is 23.2 Å². The maximum absolute atomic E-state index is 13.2. The van der Waals surface area contributed by atoms with Gasteiger partial charge in [0.2, 0.25) is 5.91 Å². The maximum atomic E-state index is 13.2. The molecule has 3 rings (SSSR count). The van der Waals surface area contributed by atoms with Gasteiger partial charge < -0.3 is 10.2 Å². The number of nitrogens with zero attached hydrogens (tertiary/aromatic N) is 2. The molecule has 1 aliphatic heterocycles. The van der Waals surface area contributed by atoms with E-state index in [9.17, 15) is 19.3 Å². The Bertz CT molecular complexity index is 798. The molecule has 6 nitrogen and oxygen atoms in total. The Morgan fingerprint density at radius 1 is 1.23 bits per heavy atom. The molecular formula is C19H20FN3O3. The SMILES string of the molecule is O=C1CC(CNc2ccc(F)cc2[N+](=O)[O-])CN1CCc1ccccc1. The Morgan fingerprint density at radius 3 is 2.73 bits per heavy atom. The van der Waals surface area contributed by atoms with Crippen molar-refractivity contribution in [3.8, 4) is 0 Å². The van der Waals surface area contributed by atoms with E-state index < -0.39 is 10.7 Å². The quantitative estimate of drug-likeness (QED) is 0.610. The van der Waals surface area contributed by atoms with Gasteiger partial charge in [0.05, 0.1) is 11.0 Å². The molecule has 0 bridgehead atoms. The molecule has 2 aromatic carbocycles. The second-order valence-corrected chi connectivity index (χ2v) is 6.44. The van der Waals surface area contributed by atoms with Crippen molar-refractivity contribution >= 4 is 17.3 Å². The first-order chi connectivity index (χ1) is 12.5. The molecule has 136 valence electrons. The summed E-state index contributed by atoms with van der Waals surface area (Å²) in [6.45, 7) is 1.71. The Hall–Kier alpha value is -2.96. The predicted octanol–water partition coefficient (Wildman–Crippen LogP) is 3.24. The van der Waals surface area contributed by atoms with Crippen LogP contribution in [-0.2, 0) is 11.2 Å². The number of amides is 1. The standard InChI is InChI=1S/C19H20FN3O3/c20-16-6-7-17(18(11-16)23(25)26)21-12-15-10-19(24)22(13-15)9-8-14-4-2-1-3-5-14/h1-7,11,15,21H,8-10,12-13H2. The molecular weight excluding hydrogens is 337 g/mol. The number of nitro groups is 1. The summed E-state index contributed by atoms with van der Waals surface area (Å²) >= 11 is 0. The molecule has 7 heteroatoms. The minimum absolute atomic E-state index is 0.0722. The molecule has 1 atom stereocenters. The molecule has 1 aliphatic rings. The first-order valence-electron chi connectivity index (χ1n) is 8.52. The lowest BCUT2D eigenvalue weighted by atomic mass is 10.1. The zero-order valence-electron chi connectivity index (χ0n) is 14.2. The van der Waals surface area contributed by atoms with Gasteiger partial charge in [0, 0.05) is 32.0 Å². The number of hydrogen-bond donors (Lipinski definition) is 1. The summed E-state index contributed by atoms with van der Waals surface area (Å²) in [5.74, 6) is -0.477. The van der Waals surface area contributed by atoms with E-state index in [1.54, 1.807) is 0 Å². The van der Waals surface area contributed by atoms with E-state index in [0.717, 1.165) is 12.5 Å². The first kappa shape index (κ1) is 17.8. The number of hydrogen-bond acceptors (Lipinski definition) is 4. The van der Waals surface area contributed by atoms with Crippen LogP contribution in [0.2, 0.25) is 0 Å². The fourth-order valence-electron chi connectivity index (χ4n) is 3.18. The summed E-state index contributed by atoms with van der Waals surface area (Å²) in [5, 5.41) is 14.0. The zero-order chi connectivity index (χ0) is 18.5. The van der Waals surface area contributed by atoms with Crippen molar-refractivity contribution in [2.75, 3.05) is 25.0 Å². The number of nitro benzene ring substituents is 1. The second-order valence-electron chi connectivity index (χ2n) is 6.44. The third-order valence-corrected chi connectivity index (χ3v) is 4.55. The minimum Gasteiger partial charge on any atom is -0.379 e. The van der Waals surface area contributed by atoms with Crippen LogP contribution >= 0.6 is 0 Å². The third kappa shape index (κ3) is 4.36. The van der Waals surface area contributed by atoms with Crippen molar-refractivity contribution in [2.24, 2.45) is 5.92 Å². The van der Waals surface area contributed by atoms with Crippen molar-refractivity contribution in [3.05, 3.63) is 70.0 Å². The Balaban J connectivity index is 1.54. The van der Waals surface area contributed by atoms with Crippen LogP contribution < -0.4 is 5.32 Å². The molecule has 0 aromatic heterocycles. The van der Waals surface area contributed by atoms with Gasteiger partial charge in [0.1, 0.15) is 11.5 Å². The number of halogens is 1. The molecule has 1 N–H and O–H groups in total. The summed E-state index contributed by atoms with van der Waals surface area (Å²) in [6.07, 6.45) is 1.22. The number of likely N-dealkylation sites (tertiary alicyclic amines) is 1. The smallest absolute Gasteiger partial charge is 0.295 e. The van der Waals surface area contributed by atoms with Crippen molar-refractivity contribution in [1.29, 1.82) is 0 Å². The van der Waals surface area contributed by atoms with Gasteiger partial charge in [-0.1, -0.05) is 30.3 Å². The van der Waals surface area contributed by atoms with Crippen LogP contribution in [0.4, 0.5) is 15.8 Å². The van der Waals surface area contributed by atoms with Crippen molar-refractivity contribution in [2.45, 2.75) is 12.8 Å². The largest absolute Gasteiger partial charge is 0.379 e. The number of anilines is 1. The van der Waals surface area contributed by atoms with E-state index >= 15 is 0 Å². The first-order valence-corrected chi connectivity index (χ1v) is 8.52. The van der Waals surface area contributed by atoms with Gasteiger partial charge in [0.25, 0.3) is 5.69 Å². The topological polar surface area (TPSA) is 75.5 Å². The van der Waals surface area contributed by atoms with E-state index in [1.807, 2.05) is 35.2 Å². The van der Waals surface area contributed by atoms with Crippen LogP contribution in [0.5, 0.6) is 0 Å². The number of benzene rings is 2. The average Bonchev–Trinajstić information content (AvgIpc) is 2.99. The van der Waals surface area contributed by atoms with Gasteiger partial charge in [-0.3, -0.25) is 14.9 Å². The normalized spacial score (nSPS) is 16.7. The van der Waals surface area contributed by atoms with Gasteiger partial charge in [-0.05, 0) is 24.1 Å². The molecule has 0 saturated carbocycles. The summed E-state index contributed by atoms with van der Waals surface area (Å²) < 4.78 is 13.2. The maximum Gasteiger partial charge on any atom is 0.295 e. The van der Waals surface area contributed by atoms with Crippen LogP contribution in [0, 0.1) is 21.8 Å². The fraction of sp³-hybridized carbons (Fsp3) is 0.316. The van der Waals surface area contributed by atoms with Gasteiger partial charge in [0.15, 0.2) is 0 Å². The van der Waals surface area contributed by atoms with E-state index in [0.29, 0.717) is 26.1 Å².